The molecule has 0 aliphatic heterocycles. The Morgan fingerprint density at radius 1 is 0.962 bits per heavy atom. The minimum Gasteiger partial charge on any atom is -0.0836 e. The van der Waals surface area contributed by atoms with Gasteiger partial charge >= 0.3 is 0 Å². The number of hydrogen-bond donors (Lipinski definition) is 0. The standard InChI is InChI=1S/C26H22/c1-17-14-15-21-20-10-4-7-13-24(20)26(25(21)16-17)22-11-5-2-8-18(22)19-9-3-6-12-23(19)26/h2-5,7-11,13-16,20,24H,6,12H2,1H3. The Morgan fingerprint density at radius 3 is 2.81 bits per heavy atom. The van der Waals surface area contributed by atoms with Crippen LogP contribution in [0.1, 0.15) is 46.6 Å². The second-order valence-corrected chi connectivity index (χ2v) is 8.10. The van der Waals surface area contributed by atoms with E-state index in [0.717, 1.165) is 6.42 Å². The van der Waals surface area contributed by atoms with E-state index in [1.54, 1.807) is 11.1 Å². The van der Waals surface area contributed by atoms with Crippen LogP contribution in [0.3, 0.4) is 0 Å². The van der Waals surface area contributed by atoms with Crippen LogP contribution in [0.4, 0.5) is 0 Å². The van der Waals surface area contributed by atoms with Gasteiger partial charge in [-0.2, -0.15) is 0 Å². The second kappa shape index (κ2) is 4.98. The first-order valence-electron chi connectivity index (χ1n) is 9.78. The predicted octanol–water partition coefficient (Wildman–Crippen LogP) is 6.24. The summed E-state index contributed by atoms with van der Waals surface area (Å²) in [5, 5.41) is 0. The molecule has 0 saturated carbocycles. The molecule has 126 valence electrons. The summed E-state index contributed by atoms with van der Waals surface area (Å²) in [5.74, 6) is 0.978. The molecule has 0 bridgehead atoms. The lowest BCUT2D eigenvalue weighted by molar-refractivity contribution is 0.444. The molecule has 2 aromatic carbocycles. The number of hydrogen-bond acceptors (Lipinski definition) is 0. The van der Waals surface area contributed by atoms with Gasteiger partial charge < -0.3 is 0 Å². The van der Waals surface area contributed by atoms with Gasteiger partial charge in [-0.25, -0.2) is 0 Å². The maximum Gasteiger partial charge on any atom is 0.0500 e. The lowest BCUT2D eigenvalue weighted by atomic mass is 9.63. The maximum atomic E-state index is 2.48. The van der Waals surface area contributed by atoms with E-state index >= 15 is 0 Å². The predicted molar refractivity (Wildman–Crippen MR) is 108 cm³/mol. The summed E-state index contributed by atoms with van der Waals surface area (Å²) >= 11 is 0. The van der Waals surface area contributed by atoms with E-state index in [1.807, 2.05) is 0 Å². The van der Waals surface area contributed by atoms with Crippen LogP contribution in [0.5, 0.6) is 0 Å². The zero-order chi connectivity index (χ0) is 17.3. The van der Waals surface area contributed by atoms with Crippen molar-refractivity contribution in [3.8, 4) is 0 Å². The molecule has 0 fully saturated rings. The van der Waals surface area contributed by atoms with Gasteiger partial charge in [0.05, 0.1) is 5.41 Å². The number of rotatable bonds is 0. The third-order valence-corrected chi connectivity index (χ3v) is 6.92. The van der Waals surface area contributed by atoms with E-state index in [2.05, 4.69) is 85.8 Å². The van der Waals surface area contributed by atoms with Gasteiger partial charge in [-0.1, -0.05) is 84.5 Å². The van der Waals surface area contributed by atoms with E-state index in [-0.39, 0.29) is 5.41 Å². The number of benzene rings is 2. The molecule has 2 aromatic rings. The van der Waals surface area contributed by atoms with Gasteiger partial charge in [-0.15, -0.1) is 0 Å². The Labute approximate surface area is 155 Å². The van der Waals surface area contributed by atoms with Gasteiger partial charge in [0.15, 0.2) is 0 Å². The van der Waals surface area contributed by atoms with E-state index < -0.39 is 0 Å². The Balaban J connectivity index is 1.77. The topological polar surface area (TPSA) is 0 Å². The highest BCUT2D eigenvalue weighted by Crippen LogP contribution is 2.65. The fourth-order valence-corrected chi connectivity index (χ4v) is 6.04. The second-order valence-electron chi connectivity index (χ2n) is 8.10. The molecule has 26 heavy (non-hydrogen) atoms. The molecule has 0 nitrogen and oxygen atoms in total. The SMILES string of the molecule is Cc1ccc2c(c1)C1(C3=C(C=CCC3)c3ccccc31)C1C=CC=CC21. The third-order valence-electron chi connectivity index (χ3n) is 6.92. The van der Waals surface area contributed by atoms with Crippen molar-refractivity contribution >= 4 is 5.57 Å². The molecule has 0 heterocycles. The highest BCUT2D eigenvalue weighted by Gasteiger charge is 2.57. The van der Waals surface area contributed by atoms with Gasteiger partial charge in [0.25, 0.3) is 0 Å². The van der Waals surface area contributed by atoms with Crippen LogP contribution in [0.2, 0.25) is 0 Å². The van der Waals surface area contributed by atoms with Crippen molar-refractivity contribution in [2.24, 2.45) is 5.92 Å². The maximum absolute atomic E-state index is 2.48. The lowest BCUT2D eigenvalue weighted by Gasteiger charge is -2.38. The number of fused-ring (bicyclic) bond motifs is 9. The van der Waals surface area contributed by atoms with Crippen molar-refractivity contribution in [3.05, 3.63) is 112 Å². The van der Waals surface area contributed by atoms with Gasteiger partial charge in [-0.05, 0) is 53.2 Å². The fourth-order valence-electron chi connectivity index (χ4n) is 6.04. The summed E-state index contributed by atoms with van der Waals surface area (Å²) in [4.78, 5) is 0. The largest absolute Gasteiger partial charge is 0.0836 e. The minimum atomic E-state index is 0.0178. The van der Waals surface area contributed by atoms with E-state index in [4.69, 9.17) is 0 Å². The van der Waals surface area contributed by atoms with Crippen molar-refractivity contribution < 1.29 is 0 Å². The molecule has 0 heteroatoms. The molecular formula is C26H22. The van der Waals surface area contributed by atoms with Crippen LogP contribution in [-0.2, 0) is 5.41 Å². The van der Waals surface area contributed by atoms with Crippen LogP contribution in [0.15, 0.2) is 84.5 Å². The summed E-state index contributed by atoms with van der Waals surface area (Å²) < 4.78 is 0. The molecule has 0 saturated heterocycles. The van der Waals surface area contributed by atoms with Crippen molar-refractivity contribution in [2.75, 3.05) is 0 Å². The monoisotopic (exact) mass is 334 g/mol. The Bertz CT molecular complexity index is 1060. The van der Waals surface area contributed by atoms with Gasteiger partial charge in [0.1, 0.15) is 0 Å². The highest BCUT2D eigenvalue weighted by molar-refractivity contribution is 5.90. The van der Waals surface area contributed by atoms with Crippen molar-refractivity contribution in [2.45, 2.75) is 31.1 Å². The molecule has 6 rings (SSSR count). The molecule has 3 unspecified atom stereocenters. The normalized spacial score (nSPS) is 29.7. The van der Waals surface area contributed by atoms with Crippen LogP contribution in [0, 0.1) is 12.8 Å². The summed E-state index contributed by atoms with van der Waals surface area (Å²) in [6.45, 7) is 2.23. The molecule has 0 amide bonds. The lowest BCUT2D eigenvalue weighted by Crippen LogP contribution is -2.34. The molecule has 0 radical (unpaired) electrons. The Hall–Kier alpha value is -2.60. The molecule has 4 aliphatic carbocycles. The minimum absolute atomic E-state index is 0.0178. The molecule has 1 spiro atoms. The van der Waals surface area contributed by atoms with Crippen molar-refractivity contribution in [3.63, 3.8) is 0 Å². The van der Waals surface area contributed by atoms with Crippen LogP contribution in [-0.4, -0.2) is 0 Å². The summed E-state index contributed by atoms with van der Waals surface area (Å²) in [6.07, 6.45) is 16.5. The highest BCUT2D eigenvalue weighted by atomic mass is 14.6. The van der Waals surface area contributed by atoms with Gasteiger partial charge in [0.2, 0.25) is 0 Å². The number of allylic oxidation sites excluding steroid dienone is 8. The van der Waals surface area contributed by atoms with Crippen LogP contribution in [0.25, 0.3) is 5.57 Å². The van der Waals surface area contributed by atoms with Crippen molar-refractivity contribution in [1.82, 2.24) is 0 Å². The zero-order valence-electron chi connectivity index (χ0n) is 15.1. The molecule has 4 aliphatic rings. The molecule has 3 atom stereocenters. The Kier molecular flexibility index (Phi) is 2.79. The average molecular weight is 334 g/mol. The van der Waals surface area contributed by atoms with E-state index in [0.29, 0.717) is 11.8 Å². The first-order chi connectivity index (χ1) is 12.8. The summed E-state index contributed by atoms with van der Waals surface area (Å²) in [7, 11) is 0. The third kappa shape index (κ3) is 1.57. The first-order valence-corrected chi connectivity index (χ1v) is 9.78. The van der Waals surface area contributed by atoms with Crippen LogP contribution < -0.4 is 0 Å². The van der Waals surface area contributed by atoms with E-state index in [1.165, 1.54) is 34.2 Å². The first kappa shape index (κ1) is 14.6. The van der Waals surface area contributed by atoms with Gasteiger partial charge in [0, 0.05) is 11.8 Å². The molecular weight excluding hydrogens is 312 g/mol. The fraction of sp³-hybridized carbons (Fsp3) is 0.231. The Morgan fingerprint density at radius 2 is 1.85 bits per heavy atom. The quantitative estimate of drug-likeness (QED) is 0.535. The summed E-state index contributed by atoms with van der Waals surface area (Å²) in [5.41, 5.74) is 10.6. The van der Waals surface area contributed by atoms with Crippen LogP contribution >= 0.6 is 0 Å². The molecule has 0 N–H and O–H groups in total. The average Bonchev–Trinajstić information content (AvgIpc) is 3.15. The zero-order valence-corrected chi connectivity index (χ0v) is 15.1. The van der Waals surface area contributed by atoms with Crippen molar-refractivity contribution in [1.29, 1.82) is 0 Å². The molecule has 0 aromatic heterocycles. The smallest absolute Gasteiger partial charge is 0.0500 e. The summed E-state index contributed by atoms with van der Waals surface area (Å²) in [6, 6.07) is 16.3. The number of aryl methyl sites for hydroxylation is 1. The van der Waals surface area contributed by atoms with Gasteiger partial charge in [-0.3, -0.25) is 0 Å². The van der Waals surface area contributed by atoms with E-state index in [9.17, 15) is 0 Å².